The Morgan fingerprint density at radius 2 is 1.62 bits per heavy atom. The maximum absolute atomic E-state index is 9.67. The third kappa shape index (κ3) is 4.24. The number of rotatable bonds is 5. The third-order valence-electron chi connectivity index (χ3n) is 4.55. The number of para-hydroxylation sites is 1. The van der Waals surface area contributed by atoms with Gasteiger partial charge in [-0.3, -0.25) is 4.90 Å². The molecule has 1 heterocycles. The van der Waals surface area contributed by atoms with Crippen molar-refractivity contribution >= 4 is 11.8 Å². The molecule has 0 saturated carbocycles. The van der Waals surface area contributed by atoms with E-state index in [1.54, 1.807) is 0 Å². The molecule has 0 radical (unpaired) electrons. The standard InChI is InChI=1S/C21H23N3/c22-18-21(23-20-11-5-2-6-12-20)13-16-24(17-14-21)15-7-10-19-8-3-1-4-9-19/h1-12,23H,13-17H2. The van der Waals surface area contributed by atoms with Crippen LogP contribution in [0, 0.1) is 11.3 Å². The molecule has 0 aromatic heterocycles. The Kier molecular flexibility index (Phi) is 5.30. The van der Waals surface area contributed by atoms with Crippen LogP contribution in [0.2, 0.25) is 0 Å². The molecule has 0 unspecified atom stereocenters. The van der Waals surface area contributed by atoms with Gasteiger partial charge in [0.1, 0.15) is 5.54 Å². The SMILES string of the molecule is N#CC1(Nc2ccccc2)CCN(CC=Cc2ccccc2)CC1. The van der Waals surface area contributed by atoms with Crippen LogP contribution in [0.25, 0.3) is 6.08 Å². The van der Waals surface area contributed by atoms with Crippen molar-refractivity contribution in [2.75, 3.05) is 25.0 Å². The van der Waals surface area contributed by atoms with E-state index in [0.29, 0.717) is 0 Å². The second-order valence-corrected chi connectivity index (χ2v) is 6.30. The zero-order chi connectivity index (χ0) is 16.7. The molecule has 3 rings (SSSR count). The largest absolute Gasteiger partial charge is 0.367 e. The molecule has 2 aromatic carbocycles. The van der Waals surface area contributed by atoms with Crippen LogP contribution in [-0.2, 0) is 0 Å². The number of nitriles is 1. The van der Waals surface area contributed by atoms with Crippen molar-refractivity contribution in [1.82, 2.24) is 4.90 Å². The molecule has 1 saturated heterocycles. The van der Waals surface area contributed by atoms with Gasteiger partial charge in [0.15, 0.2) is 0 Å². The van der Waals surface area contributed by atoms with Gasteiger partial charge in [0.25, 0.3) is 0 Å². The van der Waals surface area contributed by atoms with Crippen LogP contribution in [0.3, 0.4) is 0 Å². The molecule has 0 bridgehead atoms. The second kappa shape index (κ2) is 7.81. The molecule has 1 aliphatic heterocycles. The molecule has 1 fully saturated rings. The molecule has 24 heavy (non-hydrogen) atoms. The van der Waals surface area contributed by atoms with Crippen molar-refractivity contribution in [2.45, 2.75) is 18.4 Å². The quantitative estimate of drug-likeness (QED) is 0.899. The minimum absolute atomic E-state index is 0.443. The van der Waals surface area contributed by atoms with Crippen molar-refractivity contribution in [3.8, 4) is 6.07 Å². The highest BCUT2D eigenvalue weighted by Gasteiger charge is 2.34. The van der Waals surface area contributed by atoms with E-state index in [2.05, 4.69) is 52.7 Å². The topological polar surface area (TPSA) is 39.1 Å². The Morgan fingerprint density at radius 1 is 1.00 bits per heavy atom. The molecular weight excluding hydrogens is 294 g/mol. The Hall–Kier alpha value is -2.57. The lowest BCUT2D eigenvalue weighted by atomic mass is 9.88. The molecule has 1 N–H and O–H groups in total. The summed E-state index contributed by atoms with van der Waals surface area (Å²) in [5.41, 5.74) is 1.81. The van der Waals surface area contributed by atoms with Crippen LogP contribution in [0.1, 0.15) is 18.4 Å². The smallest absolute Gasteiger partial charge is 0.127 e. The normalized spacial score (nSPS) is 17.5. The number of likely N-dealkylation sites (tertiary alicyclic amines) is 1. The van der Waals surface area contributed by atoms with E-state index in [0.717, 1.165) is 38.2 Å². The van der Waals surface area contributed by atoms with Gasteiger partial charge in [0, 0.05) is 25.3 Å². The van der Waals surface area contributed by atoms with E-state index in [-0.39, 0.29) is 0 Å². The van der Waals surface area contributed by atoms with Crippen LogP contribution in [0.5, 0.6) is 0 Å². The lowest BCUT2D eigenvalue weighted by Crippen LogP contribution is -2.48. The molecule has 3 heteroatoms. The molecule has 1 aliphatic rings. The molecule has 0 atom stereocenters. The van der Waals surface area contributed by atoms with Gasteiger partial charge in [-0.05, 0) is 30.5 Å². The number of nitrogens with one attached hydrogen (secondary N) is 1. The molecular formula is C21H23N3. The highest BCUT2D eigenvalue weighted by Crippen LogP contribution is 2.26. The van der Waals surface area contributed by atoms with Crippen molar-refractivity contribution < 1.29 is 0 Å². The van der Waals surface area contributed by atoms with Crippen molar-refractivity contribution in [1.29, 1.82) is 5.26 Å². The Morgan fingerprint density at radius 3 is 2.25 bits per heavy atom. The first-order valence-electron chi connectivity index (χ1n) is 8.48. The zero-order valence-electron chi connectivity index (χ0n) is 13.9. The fourth-order valence-corrected chi connectivity index (χ4v) is 3.08. The van der Waals surface area contributed by atoms with Gasteiger partial charge < -0.3 is 5.32 Å². The molecule has 122 valence electrons. The minimum atomic E-state index is -0.443. The predicted octanol–water partition coefficient (Wildman–Crippen LogP) is 4.17. The molecule has 0 aliphatic carbocycles. The van der Waals surface area contributed by atoms with Gasteiger partial charge in [-0.1, -0.05) is 60.7 Å². The van der Waals surface area contributed by atoms with E-state index >= 15 is 0 Å². The van der Waals surface area contributed by atoms with Gasteiger partial charge in [0.05, 0.1) is 6.07 Å². The number of anilines is 1. The average Bonchev–Trinajstić information content (AvgIpc) is 2.65. The summed E-state index contributed by atoms with van der Waals surface area (Å²) < 4.78 is 0. The first kappa shape index (κ1) is 16.3. The maximum atomic E-state index is 9.67. The van der Waals surface area contributed by atoms with Gasteiger partial charge in [-0.15, -0.1) is 0 Å². The number of hydrogen-bond donors (Lipinski definition) is 1. The van der Waals surface area contributed by atoms with E-state index in [1.807, 2.05) is 36.4 Å². The Bertz CT molecular complexity index is 693. The summed E-state index contributed by atoms with van der Waals surface area (Å²) in [7, 11) is 0. The number of benzene rings is 2. The summed E-state index contributed by atoms with van der Waals surface area (Å²) in [6.45, 7) is 2.81. The van der Waals surface area contributed by atoms with E-state index in [1.165, 1.54) is 5.56 Å². The lowest BCUT2D eigenvalue weighted by Gasteiger charge is -2.38. The summed E-state index contributed by atoms with van der Waals surface area (Å²) in [4.78, 5) is 2.40. The highest BCUT2D eigenvalue weighted by molar-refractivity contribution is 5.49. The van der Waals surface area contributed by atoms with Crippen LogP contribution in [0.15, 0.2) is 66.7 Å². The fraction of sp³-hybridized carbons (Fsp3) is 0.286. The molecule has 0 spiro atoms. The van der Waals surface area contributed by atoms with Gasteiger partial charge in [-0.25, -0.2) is 0 Å². The first-order valence-corrected chi connectivity index (χ1v) is 8.48. The number of piperidine rings is 1. The summed E-state index contributed by atoms with van der Waals surface area (Å²) >= 11 is 0. The summed E-state index contributed by atoms with van der Waals surface area (Å²) in [5, 5.41) is 13.1. The van der Waals surface area contributed by atoms with E-state index in [4.69, 9.17) is 0 Å². The monoisotopic (exact) mass is 317 g/mol. The highest BCUT2D eigenvalue weighted by atomic mass is 15.1. The van der Waals surface area contributed by atoms with Crippen LogP contribution in [0.4, 0.5) is 5.69 Å². The van der Waals surface area contributed by atoms with E-state index < -0.39 is 5.54 Å². The fourth-order valence-electron chi connectivity index (χ4n) is 3.08. The predicted molar refractivity (Wildman–Crippen MR) is 99.6 cm³/mol. The van der Waals surface area contributed by atoms with E-state index in [9.17, 15) is 5.26 Å². The first-order chi connectivity index (χ1) is 11.8. The maximum Gasteiger partial charge on any atom is 0.127 e. The zero-order valence-corrected chi connectivity index (χ0v) is 13.9. The van der Waals surface area contributed by atoms with Gasteiger partial charge >= 0.3 is 0 Å². The molecule has 0 amide bonds. The Balaban J connectivity index is 1.53. The van der Waals surface area contributed by atoms with Crippen molar-refractivity contribution in [3.63, 3.8) is 0 Å². The van der Waals surface area contributed by atoms with Gasteiger partial charge in [0.2, 0.25) is 0 Å². The van der Waals surface area contributed by atoms with Crippen LogP contribution in [-0.4, -0.2) is 30.1 Å². The number of nitrogens with zero attached hydrogens (tertiary/aromatic N) is 2. The number of hydrogen-bond acceptors (Lipinski definition) is 3. The van der Waals surface area contributed by atoms with Crippen molar-refractivity contribution in [2.24, 2.45) is 0 Å². The third-order valence-corrected chi connectivity index (χ3v) is 4.55. The lowest BCUT2D eigenvalue weighted by molar-refractivity contribution is 0.215. The van der Waals surface area contributed by atoms with Crippen LogP contribution < -0.4 is 5.32 Å². The Labute approximate surface area is 144 Å². The average molecular weight is 317 g/mol. The summed E-state index contributed by atoms with van der Waals surface area (Å²) in [5.74, 6) is 0. The molecule has 3 nitrogen and oxygen atoms in total. The van der Waals surface area contributed by atoms with Crippen LogP contribution >= 0.6 is 0 Å². The summed E-state index contributed by atoms with van der Waals surface area (Å²) in [6, 6.07) is 22.9. The molecule has 2 aromatic rings. The second-order valence-electron chi connectivity index (χ2n) is 6.30. The minimum Gasteiger partial charge on any atom is -0.367 e. The van der Waals surface area contributed by atoms with Crippen molar-refractivity contribution in [3.05, 3.63) is 72.3 Å². The summed E-state index contributed by atoms with van der Waals surface area (Å²) in [6.07, 6.45) is 6.06. The van der Waals surface area contributed by atoms with Gasteiger partial charge in [-0.2, -0.15) is 5.26 Å².